The summed E-state index contributed by atoms with van der Waals surface area (Å²) in [5, 5.41) is 9.87. The highest BCUT2D eigenvalue weighted by molar-refractivity contribution is 5.76. The minimum absolute atomic E-state index is 0.290. The molecule has 5 unspecified atom stereocenters. The van der Waals surface area contributed by atoms with Gasteiger partial charge in [-0.2, -0.15) is 0 Å². The summed E-state index contributed by atoms with van der Waals surface area (Å²) in [6.45, 7) is 3.47. The first kappa shape index (κ1) is 12.5. The zero-order valence-corrected chi connectivity index (χ0v) is 11.3. The molecular formula is C15H25NO2. The van der Waals surface area contributed by atoms with Crippen molar-refractivity contribution in [2.45, 2.75) is 51.6 Å². The van der Waals surface area contributed by atoms with Crippen LogP contribution in [0.1, 0.15) is 45.4 Å². The van der Waals surface area contributed by atoms with Crippen molar-refractivity contribution in [1.82, 2.24) is 4.90 Å². The van der Waals surface area contributed by atoms with E-state index in [0.717, 1.165) is 31.2 Å². The van der Waals surface area contributed by atoms with E-state index in [1.165, 1.54) is 25.7 Å². The van der Waals surface area contributed by atoms with Gasteiger partial charge < -0.3 is 10.0 Å². The first-order chi connectivity index (χ1) is 8.63. The number of fused-ring (bicyclic) bond motifs is 2. The predicted octanol–water partition coefficient (Wildman–Crippen LogP) is 2.04. The lowest BCUT2D eigenvalue weighted by atomic mass is 9.85. The van der Waals surface area contributed by atoms with Gasteiger partial charge in [-0.3, -0.25) is 4.79 Å². The third kappa shape index (κ3) is 2.29. The molecule has 2 aliphatic carbocycles. The average molecular weight is 251 g/mol. The van der Waals surface area contributed by atoms with Crippen LogP contribution in [0.3, 0.4) is 0 Å². The number of β-amino-alcohol motifs (C(OH)–C–C–N with tert-alkyl or cyclic N) is 1. The fraction of sp³-hybridized carbons (Fsp3) is 0.933. The number of hydrogen-bond donors (Lipinski definition) is 1. The van der Waals surface area contributed by atoms with Gasteiger partial charge in [-0.05, 0) is 49.4 Å². The fourth-order valence-corrected chi connectivity index (χ4v) is 4.26. The number of carbonyl (C=O) groups is 1. The molecule has 2 bridgehead atoms. The molecule has 0 aromatic rings. The van der Waals surface area contributed by atoms with E-state index >= 15 is 0 Å². The number of amides is 1. The van der Waals surface area contributed by atoms with Gasteiger partial charge in [0.05, 0.1) is 6.10 Å². The lowest BCUT2D eigenvalue weighted by Gasteiger charge is -2.35. The Bertz CT molecular complexity index is 330. The van der Waals surface area contributed by atoms with Gasteiger partial charge in [0.25, 0.3) is 0 Å². The van der Waals surface area contributed by atoms with Gasteiger partial charge in [0.2, 0.25) is 5.91 Å². The molecule has 1 N–H and O–H groups in total. The average Bonchev–Trinajstić information content (AvgIpc) is 2.94. The van der Waals surface area contributed by atoms with Crippen LogP contribution in [-0.2, 0) is 4.79 Å². The lowest BCUT2D eigenvalue weighted by molar-refractivity contribution is -0.136. The maximum atomic E-state index is 12.3. The van der Waals surface area contributed by atoms with Crippen molar-refractivity contribution in [2.75, 3.05) is 13.1 Å². The molecule has 102 valence electrons. The molecule has 5 atom stereocenters. The van der Waals surface area contributed by atoms with Crippen LogP contribution in [0.4, 0.5) is 0 Å². The molecule has 1 amide bonds. The van der Waals surface area contributed by atoms with Crippen LogP contribution in [0.2, 0.25) is 0 Å². The molecule has 0 spiro atoms. The van der Waals surface area contributed by atoms with Gasteiger partial charge in [-0.25, -0.2) is 0 Å². The van der Waals surface area contributed by atoms with Gasteiger partial charge >= 0.3 is 0 Å². The number of aliphatic hydroxyl groups excluding tert-OH is 1. The molecule has 1 heterocycles. The summed E-state index contributed by atoms with van der Waals surface area (Å²) in [6, 6.07) is 0. The van der Waals surface area contributed by atoms with E-state index in [9.17, 15) is 9.90 Å². The Morgan fingerprint density at radius 2 is 2.11 bits per heavy atom. The van der Waals surface area contributed by atoms with Crippen molar-refractivity contribution in [3.05, 3.63) is 0 Å². The lowest BCUT2D eigenvalue weighted by Crippen LogP contribution is -2.46. The molecule has 0 aromatic heterocycles. The number of carbonyl (C=O) groups excluding carboxylic acids is 1. The SMILES string of the molecule is CC1CCN(C(=O)CC2CC3CCC2C3)CC1O. The van der Waals surface area contributed by atoms with Crippen LogP contribution in [0.25, 0.3) is 0 Å². The second-order valence-electron chi connectivity index (χ2n) is 6.81. The molecule has 3 nitrogen and oxygen atoms in total. The second kappa shape index (κ2) is 4.84. The normalized spacial score (nSPS) is 43.4. The van der Waals surface area contributed by atoms with Crippen LogP contribution in [0.15, 0.2) is 0 Å². The maximum Gasteiger partial charge on any atom is 0.222 e. The molecular weight excluding hydrogens is 226 g/mol. The van der Waals surface area contributed by atoms with Gasteiger partial charge in [0.1, 0.15) is 0 Å². The Balaban J connectivity index is 1.52. The highest BCUT2D eigenvalue weighted by atomic mass is 16.3. The first-order valence-electron chi connectivity index (χ1n) is 7.59. The van der Waals surface area contributed by atoms with Gasteiger partial charge in [-0.15, -0.1) is 0 Å². The highest BCUT2D eigenvalue weighted by Crippen LogP contribution is 2.49. The Kier molecular flexibility index (Phi) is 3.35. The molecule has 1 saturated heterocycles. The summed E-state index contributed by atoms with van der Waals surface area (Å²) in [5.74, 6) is 3.02. The second-order valence-corrected chi connectivity index (χ2v) is 6.81. The van der Waals surface area contributed by atoms with E-state index in [2.05, 4.69) is 6.92 Å². The Morgan fingerprint density at radius 1 is 1.28 bits per heavy atom. The summed E-state index contributed by atoms with van der Waals surface area (Å²) in [5.41, 5.74) is 0. The standard InChI is InChI=1S/C15H25NO2/c1-10-4-5-16(9-14(10)17)15(18)8-13-7-11-2-3-12(13)6-11/h10-14,17H,2-9H2,1H3. The zero-order valence-electron chi connectivity index (χ0n) is 11.3. The van der Waals surface area contributed by atoms with Crippen LogP contribution < -0.4 is 0 Å². The number of hydrogen-bond acceptors (Lipinski definition) is 2. The summed E-state index contributed by atoms with van der Waals surface area (Å²) in [6.07, 6.45) is 6.77. The summed E-state index contributed by atoms with van der Waals surface area (Å²) < 4.78 is 0. The third-order valence-corrected chi connectivity index (χ3v) is 5.59. The van der Waals surface area contributed by atoms with Crippen molar-refractivity contribution >= 4 is 5.91 Å². The van der Waals surface area contributed by atoms with Crippen molar-refractivity contribution in [2.24, 2.45) is 23.7 Å². The van der Waals surface area contributed by atoms with E-state index in [4.69, 9.17) is 0 Å². The smallest absolute Gasteiger partial charge is 0.222 e. The van der Waals surface area contributed by atoms with E-state index < -0.39 is 0 Å². The molecule has 3 aliphatic rings. The Morgan fingerprint density at radius 3 is 2.72 bits per heavy atom. The number of rotatable bonds is 2. The topological polar surface area (TPSA) is 40.5 Å². The molecule has 0 radical (unpaired) electrons. The largest absolute Gasteiger partial charge is 0.391 e. The minimum Gasteiger partial charge on any atom is -0.391 e. The summed E-state index contributed by atoms with van der Waals surface area (Å²) in [7, 11) is 0. The Labute approximate surface area is 110 Å². The summed E-state index contributed by atoms with van der Waals surface area (Å²) >= 11 is 0. The molecule has 2 saturated carbocycles. The number of aliphatic hydroxyl groups is 1. The minimum atomic E-state index is -0.317. The summed E-state index contributed by atoms with van der Waals surface area (Å²) in [4.78, 5) is 14.2. The Hall–Kier alpha value is -0.570. The van der Waals surface area contributed by atoms with Gasteiger partial charge in [0.15, 0.2) is 0 Å². The van der Waals surface area contributed by atoms with Crippen LogP contribution in [-0.4, -0.2) is 35.1 Å². The van der Waals surface area contributed by atoms with Crippen LogP contribution in [0.5, 0.6) is 0 Å². The van der Waals surface area contributed by atoms with Gasteiger partial charge in [0, 0.05) is 19.5 Å². The van der Waals surface area contributed by atoms with Crippen LogP contribution in [0, 0.1) is 23.7 Å². The third-order valence-electron chi connectivity index (χ3n) is 5.59. The zero-order chi connectivity index (χ0) is 12.7. The number of piperidine rings is 1. The van der Waals surface area contributed by atoms with E-state index in [0.29, 0.717) is 24.3 Å². The van der Waals surface area contributed by atoms with E-state index in [1.807, 2.05) is 4.90 Å². The number of nitrogens with zero attached hydrogens (tertiary/aromatic N) is 1. The quantitative estimate of drug-likeness (QED) is 0.816. The van der Waals surface area contributed by atoms with E-state index in [-0.39, 0.29) is 6.10 Å². The molecule has 3 fully saturated rings. The molecule has 3 rings (SSSR count). The van der Waals surface area contributed by atoms with Crippen molar-refractivity contribution in [3.63, 3.8) is 0 Å². The van der Waals surface area contributed by atoms with Crippen molar-refractivity contribution in [1.29, 1.82) is 0 Å². The van der Waals surface area contributed by atoms with Crippen LogP contribution >= 0.6 is 0 Å². The monoisotopic (exact) mass is 251 g/mol. The predicted molar refractivity (Wildman–Crippen MR) is 69.9 cm³/mol. The fourth-order valence-electron chi connectivity index (χ4n) is 4.26. The van der Waals surface area contributed by atoms with Crippen molar-refractivity contribution < 1.29 is 9.90 Å². The highest BCUT2D eigenvalue weighted by Gasteiger charge is 2.41. The number of likely N-dealkylation sites (tertiary alicyclic amines) is 1. The first-order valence-corrected chi connectivity index (χ1v) is 7.59. The molecule has 3 heteroatoms. The molecule has 18 heavy (non-hydrogen) atoms. The molecule has 0 aromatic carbocycles. The van der Waals surface area contributed by atoms with E-state index in [1.54, 1.807) is 0 Å². The maximum absolute atomic E-state index is 12.3. The molecule has 1 aliphatic heterocycles. The van der Waals surface area contributed by atoms with Crippen molar-refractivity contribution in [3.8, 4) is 0 Å². The van der Waals surface area contributed by atoms with Gasteiger partial charge in [-0.1, -0.05) is 13.3 Å².